The largest absolute Gasteiger partial charge is 0.369 e. The second-order valence-corrected chi connectivity index (χ2v) is 6.20. The fourth-order valence-corrected chi connectivity index (χ4v) is 2.41. The zero-order valence-corrected chi connectivity index (χ0v) is 13.3. The zero-order valence-electron chi connectivity index (χ0n) is 13.3. The van der Waals surface area contributed by atoms with Gasteiger partial charge in [0.05, 0.1) is 0 Å². The highest BCUT2D eigenvalue weighted by Gasteiger charge is 2.20. The molecule has 0 atom stereocenters. The van der Waals surface area contributed by atoms with Crippen LogP contribution >= 0.6 is 0 Å². The highest BCUT2D eigenvalue weighted by Crippen LogP contribution is 2.23. The normalized spacial score (nSPS) is 11.8. The van der Waals surface area contributed by atoms with Crippen LogP contribution in [0.2, 0.25) is 0 Å². The van der Waals surface area contributed by atoms with Gasteiger partial charge < -0.3 is 15.6 Å². The average molecular weight is 280 g/mol. The number of nitrogens with two attached hydrogens (primary N) is 1. The average Bonchev–Trinajstić information content (AvgIpc) is 2.36. The van der Waals surface area contributed by atoms with Crippen LogP contribution in [0.3, 0.4) is 0 Å². The molecule has 0 bridgehead atoms. The van der Waals surface area contributed by atoms with Crippen LogP contribution in [0, 0.1) is 5.41 Å². The summed E-state index contributed by atoms with van der Waals surface area (Å²) < 4.78 is 0. The number of nitrogens with one attached hydrogen (secondary N) is 2. The predicted octanol–water partition coefficient (Wildman–Crippen LogP) is 1.71. The topological polar surface area (TPSA) is 79.1 Å². The Labute approximate surface area is 122 Å². The standard InChI is InChI=1S/C14H28N6/c1-6-7-11-12(17-10-18-13(11)19-15)16-8-14(2,3)9-20(4)5/h10H,6-9,15H2,1-5H3,(H2,16,17,18,19). The number of hydrogen-bond donors (Lipinski definition) is 3. The number of nitrogen functional groups attached to an aromatic ring is 1. The van der Waals surface area contributed by atoms with Crippen LogP contribution in [0.1, 0.15) is 32.8 Å². The van der Waals surface area contributed by atoms with E-state index < -0.39 is 0 Å². The molecular weight excluding hydrogens is 252 g/mol. The van der Waals surface area contributed by atoms with Crippen LogP contribution in [0.4, 0.5) is 11.6 Å². The number of nitrogens with zero attached hydrogens (tertiary/aromatic N) is 3. The maximum atomic E-state index is 5.52. The summed E-state index contributed by atoms with van der Waals surface area (Å²) in [5.41, 5.74) is 3.87. The van der Waals surface area contributed by atoms with E-state index >= 15 is 0 Å². The third kappa shape index (κ3) is 4.94. The first-order chi connectivity index (χ1) is 9.39. The molecule has 1 heterocycles. The Bertz CT molecular complexity index is 416. The predicted molar refractivity (Wildman–Crippen MR) is 84.7 cm³/mol. The summed E-state index contributed by atoms with van der Waals surface area (Å²) in [7, 11) is 4.18. The zero-order chi connectivity index (χ0) is 15.2. The molecule has 114 valence electrons. The van der Waals surface area contributed by atoms with Crippen LogP contribution in [-0.4, -0.2) is 42.1 Å². The first-order valence-corrected chi connectivity index (χ1v) is 7.08. The molecule has 1 rings (SSSR count). The van der Waals surface area contributed by atoms with Crippen molar-refractivity contribution < 1.29 is 0 Å². The molecule has 0 saturated carbocycles. The van der Waals surface area contributed by atoms with Gasteiger partial charge in [0.15, 0.2) is 0 Å². The molecule has 0 saturated heterocycles. The summed E-state index contributed by atoms with van der Waals surface area (Å²) in [6.07, 6.45) is 3.46. The second-order valence-electron chi connectivity index (χ2n) is 6.20. The number of anilines is 2. The van der Waals surface area contributed by atoms with Gasteiger partial charge in [-0.1, -0.05) is 27.2 Å². The summed E-state index contributed by atoms with van der Waals surface area (Å²) in [6, 6.07) is 0. The van der Waals surface area contributed by atoms with Crippen molar-refractivity contribution in [2.45, 2.75) is 33.6 Å². The summed E-state index contributed by atoms with van der Waals surface area (Å²) in [5, 5.41) is 3.45. The van der Waals surface area contributed by atoms with E-state index in [-0.39, 0.29) is 5.41 Å². The minimum absolute atomic E-state index is 0.161. The van der Waals surface area contributed by atoms with E-state index in [2.05, 4.69) is 60.5 Å². The van der Waals surface area contributed by atoms with Gasteiger partial charge in [-0.3, -0.25) is 0 Å². The van der Waals surface area contributed by atoms with E-state index in [1.165, 1.54) is 6.33 Å². The van der Waals surface area contributed by atoms with Crippen LogP contribution < -0.4 is 16.6 Å². The fourth-order valence-electron chi connectivity index (χ4n) is 2.41. The van der Waals surface area contributed by atoms with Crippen LogP contribution in [0.15, 0.2) is 6.33 Å². The van der Waals surface area contributed by atoms with E-state index in [0.717, 1.165) is 37.3 Å². The number of hydrogen-bond acceptors (Lipinski definition) is 6. The molecular formula is C14H28N6. The first-order valence-electron chi connectivity index (χ1n) is 7.08. The van der Waals surface area contributed by atoms with Crippen molar-refractivity contribution in [2.75, 3.05) is 37.9 Å². The number of rotatable bonds is 8. The van der Waals surface area contributed by atoms with E-state index in [9.17, 15) is 0 Å². The summed E-state index contributed by atoms with van der Waals surface area (Å²) in [6.45, 7) is 8.47. The second kappa shape index (κ2) is 7.40. The Morgan fingerprint density at radius 1 is 1.25 bits per heavy atom. The van der Waals surface area contributed by atoms with Crippen molar-refractivity contribution in [1.29, 1.82) is 0 Å². The molecule has 0 aliphatic heterocycles. The lowest BCUT2D eigenvalue weighted by atomic mass is 9.93. The van der Waals surface area contributed by atoms with E-state index in [0.29, 0.717) is 5.82 Å². The van der Waals surface area contributed by atoms with Crippen molar-refractivity contribution in [3.8, 4) is 0 Å². The van der Waals surface area contributed by atoms with Gasteiger partial charge in [0.2, 0.25) is 0 Å². The maximum Gasteiger partial charge on any atom is 0.148 e. The SMILES string of the molecule is CCCc1c(NN)ncnc1NCC(C)(C)CN(C)C. The van der Waals surface area contributed by atoms with Crippen LogP contribution in [-0.2, 0) is 6.42 Å². The van der Waals surface area contributed by atoms with E-state index in [4.69, 9.17) is 5.84 Å². The molecule has 4 N–H and O–H groups in total. The Morgan fingerprint density at radius 3 is 2.45 bits per heavy atom. The fraction of sp³-hybridized carbons (Fsp3) is 0.714. The first kappa shape index (κ1) is 16.7. The molecule has 1 aromatic rings. The van der Waals surface area contributed by atoms with E-state index in [1.54, 1.807) is 0 Å². The molecule has 0 radical (unpaired) electrons. The molecule has 6 heteroatoms. The Kier molecular flexibility index (Phi) is 6.16. The molecule has 0 aliphatic carbocycles. The Morgan fingerprint density at radius 2 is 1.90 bits per heavy atom. The molecule has 0 aliphatic rings. The van der Waals surface area contributed by atoms with Gasteiger partial charge in [-0.25, -0.2) is 15.8 Å². The van der Waals surface area contributed by atoms with Crippen molar-refractivity contribution in [2.24, 2.45) is 11.3 Å². The molecule has 6 nitrogen and oxygen atoms in total. The molecule has 0 spiro atoms. The Hall–Kier alpha value is -1.40. The van der Waals surface area contributed by atoms with Gasteiger partial charge in [0.25, 0.3) is 0 Å². The third-order valence-electron chi connectivity index (χ3n) is 3.06. The van der Waals surface area contributed by atoms with Crippen molar-refractivity contribution in [3.05, 3.63) is 11.9 Å². The monoisotopic (exact) mass is 280 g/mol. The lowest BCUT2D eigenvalue weighted by Gasteiger charge is -2.29. The quantitative estimate of drug-likeness (QED) is 0.497. The lowest BCUT2D eigenvalue weighted by Crippen LogP contribution is -2.34. The van der Waals surface area contributed by atoms with Gasteiger partial charge in [-0.2, -0.15) is 0 Å². The molecule has 0 unspecified atom stereocenters. The maximum absolute atomic E-state index is 5.52. The smallest absolute Gasteiger partial charge is 0.148 e. The van der Waals surface area contributed by atoms with Gasteiger partial charge in [0.1, 0.15) is 18.0 Å². The molecule has 0 amide bonds. The number of aromatic nitrogens is 2. The summed E-state index contributed by atoms with van der Waals surface area (Å²) >= 11 is 0. The van der Waals surface area contributed by atoms with Crippen molar-refractivity contribution in [3.63, 3.8) is 0 Å². The van der Waals surface area contributed by atoms with E-state index in [1.807, 2.05) is 0 Å². The molecule has 20 heavy (non-hydrogen) atoms. The Balaban J connectivity index is 2.81. The summed E-state index contributed by atoms with van der Waals surface area (Å²) in [5.74, 6) is 7.10. The van der Waals surface area contributed by atoms with Gasteiger partial charge in [-0.15, -0.1) is 0 Å². The van der Waals surface area contributed by atoms with Gasteiger partial charge >= 0.3 is 0 Å². The highest BCUT2D eigenvalue weighted by molar-refractivity contribution is 5.56. The number of hydrazine groups is 1. The van der Waals surface area contributed by atoms with Gasteiger partial charge in [-0.05, 0) is 25.9 Å². The highest BCUT2D eigenvalue weighted by atomic mass is 15.3. The molecule has 0 fully saturated rings. The summed E-state index contributed by atoms with van der Waals surface area (Å²) in [4.78, 5) is 10.7. The van der Waals surface area contributed by atoms with Crippen LogP contribution in [0.25, 0.3) is 0 Å². The lowest BCUT2D eigenvalue weighted by molar-refractivity contribution is 0.254. The van der Waals surface area contributed by atoms with Gasteiger partial charge in [0, 0.05) is 18.7 Å². The minimum atomic E-state index is 0.161. The third-order valence-corrected chi connectivity index (χ3v) is 3.06. The molecule has 0 aromatic carbocycles. The minimum Gasteiger partial charge on any atom is -0.369 e. The van der Waals surface area contributed by atoms with Crippen LogP contribution in [0.5, 0.6) is 0 Å². The van der Waals surface area contributed by atoms with Crippen molar-refractivity contribution in [1.82, 2.24) is 14.9 Å². The molecule has 1 aromatic heterocycles. The van der Waals surface area contributed by atoms with Crippen molar-refractivity contribution >= 4 is 11.6 Å².